The van der Waals surface area contributed by atoms with Crippen molar-refractivity contribution >= 4 is 5.91 Å². The SMILES string of the molecule is CC(C)CCCCCCCCCCCCCCCCCCCCCCC(N)=O. The maximum Gasteiger partial charge on any atom is 0.217 e. The van der Waals surface area contributed by atoms with E-state index in [-0.39, 0.29) is 5.91 Å². The first kappa shape index (κ1) is 27.5. The molecule has 0 aromatic rings. The number of amides is 1. The highest BCUT2D eigenvalue weighted by molar-refractivity contribution is 5.73. The zero-order chi connectivity index (χ0) is 20.7. The third kappa shape index (κ3) is 25.5. The number of nitrogens with two attached hydrogens (primary N) is 1. The normalized spacial score (nSPS) is 11.4. The topological polar surface area (TPSA) is 43.1 Å². The smallest absolute Gasteiger partial charge is 0.217 e. The van der Waals surface area contributed by atoms with E-state index in [0.29, 0.717) is 6.42 Å². The molecule has 0 rings (SSSR count). The summed E-state index contributed by atoms with van der Waals surface area (Å²) < 4.78 is 0. The van der Waals surface area contributed by atoms with Gasteiger partial charge < -0.3 is 5.73 Å². The average Bonchev–Trinajstić information content (AvgIpc) is 2.65. The molecule has 0 aromatic heterocycles. The zero-order valence-corrected chi connectivity index (χ0v) is 19.6. The minimum Gasteiger partial charge on any atom is -0.370 e. The van der Waals surface area contributed by atoms with Gasteiger partial charge >= 0.3 is 0 Å². The van der Waals surface area contributed by atoms with Crippen LogP contribution >= 0.6 is 0 Å². The summed E-state index contributed by atoms with van der Waals surface area (Å²) in [5, 5.41) is 0. The first-order chi connectivity index (χ1) is 13.6. The molecule has 28 heavy (non-hydrogen) atoms. The molecule has 0 heterocycles. The van der Waals surface area contributed by atoms with Crippen molar-refractivity contribution in [3.63, 3.8) is 0 Å². The Morgan fingerprint density at radius 1 is 0.500 bits per heavy atom. The molecule has 0 aromatic carbocycles. The lowest BCUT2D eigenvalue weighted by atomic mass is 10.0. The third-order valence-corrected chi connectivity index (χ3v) is 5.95. The second-order valence-electron chi connectivity index (χ2n) is 9.47. The van der Waals surface area contributed by atoms with E-state index in [2.05, 4.69) is 13.8 Å². The van der Waals surface area contributed by atoms with Crippen LogP contribution in [0.5, 0.6) is 0 Å². The van der Waals surface area contributed by atoms with Crippen LogP contribution in [0.25, 0.3) is 0 Å². The first-order valence-corrected chi connectivity index (χ1v) is 12.9. The zero-order valence-electron chi connectivity index (χ0n) is 19.6. The summed E-state index contributed by atoms with van der Waals surface area (Å²) in [5.41, 5.74) is 5.15. The Bertz CT molecular complexity index is 314. The fourth-order valence-corrected chi connectivity index (χ4v) is 4.03. The van der Waals surface area contributed by atoms with Crippen molar-refractivity contribution in [1.29, 1.82) is 0 Å². The fourth-order valence-electron chi connectivity index (χ4n) is 4.03. The number of unbranched alkanes of at least 4 members (excludes halogenated alkanes) is 19. The molecule has 2 N–H and O–H groups in total. The summed E-state index contributed by atoms with van der Waals surface area (Å²) in [4.78, 5) is 10.6. The average molecular weight is 396 g/mol. The molecule has 0 aliphatic rings. The van der Waals surface area contributed by atoms with Gasteiger partial charge in [-0.05, 0) is 12.3 Å². The van der Waals surface area contributed by atoms with Gasteiger partial charge in [0.05, 0.1) is 0 Å². The lowest BCUT2D eigenvalue weighted by Gasteiger charge is -2.05. The highest BCUT2D eigenvalue weighted by atomic mass is 16.1. The maximum absolute atomic E-state index is 10.6. The van der Waals surface area contributed by atoms with Crippen LogP contribution in [0.1, 0.15) is 155 Å². The van der Waals surface area contributed by atoms with Gasteiger partial charge in [0.15, 0.2) is 0 Å². The Balaban J connectivity index is 3.00. The molecule has 0 saturated carbocycles. The van der Waals surface area contributed by atoms with E-state index in [1.165, 1.54) is 128 Å². The van der Waals surface area contributed by atoms with E-state index in [1.54, 1.807) is 0 Å². The van der Waals surface area contributed by atoms with Crippen LogP contribution in [0.2, 0.25) is 0 Å². The number of carbonyl (C=O) groups excluding carboxylic acids is 1. The van der Waals surface area contributed by atoms with Gasteiger partial charge in [-0.3, -0.25) is 4.79 Å². The monoisotopic (exact) mass is 395 g/mol. The quantitative estimate of drug-likeness (QED) is 0.173. The standard InChI is InChI=1S/C26H53NO/c1-25(2)23-21-19-17-15-13-11-9-7-5-3-4-6-8-10-12-14-16-18-20-22-24-26(27)28/h25H,3-24H2,1-2H3,(H2,27,28). The van der Waals surface area contributed by atoms with Crippen LogP contribution < -0.4 is 5.73 Å². The third-order valence-electron chi connectivity index (χ3n) is 5.95. The molecule has 0 atom stereocenters. The highest BCUT2D eigenvalue weighted by Gasteiger charge is 1.97. The summed E-state index contributed by atoms with van der Waals surface area (Å²) in [5.74, 6) is 0.736. The minimum atomic E-state index is -0.150. The first-order valence-electron chi connectivity index (χ1n) is 12.9. The largest absolute Gasteiger partial charge is 0.370 e. The molecule has 0 bridgehead atoms. The lowest BCUT2D eigenvalue weighted by Crippen LogP contribution is -2.09. The van der Waals surface area contributed by atoms with Crippen LogP contribution in [-0.2, 0) is 4.79 Å². The molecule has 2 nitrogen and oxygen atoms in total. The second-order valence-corrected chi connectivity index (χ2v) is 9.47. The summed E-state index contributed by atoms with van der Waals surface area (Å²) >= 11 is 0. The van der Waals surface area contributed by atoms with E-state index < -0.39 is 0 Å². The van der Waals surface area contributed by atoms with Crippen molar-refractivity contribution in [1.82, 2.24) is 0 Å². The highest BCUT2D eigenvalue weighted by Crippen LogP contribution is 2.15. The molecule has 2 heteroatoms. The fraction of sp³-hybridized carbons (Fsp3) is 0.962. The molecule has 0 saturated heterocycles. The van der Waals surface area contributed by atoms with Gasteiger partial charge in [-0.15, -0.1) is 0 Å². The van der Waals surface area contributed by atoms with Crippen molar-refractivity contribution in [2.75, 3.05) is 0 Å². The molecule has 0 aliphatic heterocycles. The van der Waals surface area contributed by atoms with Crippen molar-refractivity contribution in [3.05, 3.63) is 0 Å². The molecule has 0 aliphatic carbocycles. The second kappa shape index (κ2) is 22.8. The van der Waals surface area contributed by atoms with Crippen molar-refractivity contribution in [2.45, 2.75) is 155 Å². The lowest BCUT2D eigenvalue weighted by molar-refractivity contribution is -0.118. The Morgan fingerprint density at radius 3 is 1.00 bits per heavy atom. The molecular weight excluding hydrogens is 342 g/mol. The summed E-state index contributed by atoms with van der Waals surface area (Å²) in [6.07, 6.45) is 29.8. The molecular formula is C26H53NO. The number of carbonyl (C=O) groups is 1. The predicted octanol–water partition coefficient (Wildman–Crippen LogP) is 8.71. The number of hydrogen-bond donors (Lipinski definition) is 1. The van der Waals surface area contributed by atoms with Gasteiger partial charge in [-0.1, -0.05) is 142 Å². The molecule has 0 unspecified atom stereocenters. The maximum atomic E-state index is 10.6. The number of hydrogen-bond acceptors (Lipinski definition) is 1. The van der Waals surface area contributed by atoms with Crippen LogP contribution in [0, 0.1) is 5.92 Å². The van der Waals surface area contributed by atoms with Crippen molar-refractivity contribution in [3.8, 4) is 0 Å². The Labute approximate surface area is 177 Å². The molecule has 0 spiro atoms. The van der Waals surface area contributed by atoms with E-state index in [4.69, 9.17) is 5.73 Å². The van der Waals surface area contributed by atoms with Gasteiger partial charge in [-0.2, -0.15) is 0 Å². The van der Waals surface area contributed by atoms with Crippen LogP contribution in [0.4, 0.5) is 0 Å². The van der Waals surface area contributed by atoms with Crippen molar-refractivity contribution in [2.24, 2.45) is 11.7 Å². The summed E-state index contributed by atoms with van der Waals surface area (Å²) in [7, 11) is 0. The Morgan fingerprint density at radius 2 is 0.750 bits per heavy atom. The van der Waals surface area contributed by atoms with Crippen LogP contribution in [0.15, 0.2) is 0 Å². The van der Waals surface area contributed by atoms with Gasteiger partial charge in [0.25, 0.3) is 0 Å². The van der Waals surface area contributed by atoms with Gasteiger partial charge in [0, 0.05) is 6.42 Å². The van der Waals surface area contributed by atoms with Crippen LogP contribution in [-0.4, -0.2) is 5.91 Å². The van der Waals surface area contributed by atoms with Gasteiger partial charge in [0.2, 0.25) is 5.91 Å². The minimum absolute atomic E-state index is 0.150. The number of rotatable bonds is 23. The van der Waals surface area contributed by atoms with E-state index >= 15 is 0 Å². The van der Waals surface area contributed by atoms with Gasteiger partial charge in [-0.25, -0.2) is 0 Å². The summed E-state index contributed by atoms with van der Waals surface area (Å²) in [6, 6.07) is 0. The molecule has 0 radical (unpaired) electrons. The number of primary amides is 1. The Kier molecular flexibility index (Phi) is 22.3. The molecule has 0 fully saturated rings. The van der Waals surface area contributed by atoms with E-state index in [9.17, 15) is 4.79 Å². The van der Waals surface area contributed by atoms with E-state index in [0.717, 1.165) is 12.3 Å². The Hall–Kier alpha value is -0.530. The summed E-state index contributed by atoms with van der Waals surface area (Å²) in [6.45, 7) is 4.67. The van der Waals surface area contributed by atoms with Crippen LogP contribution in [0.3, 0.4) is 0 Å². The van der Waals surface area contributed by atoms with Crippen molar-refractivity contribution < 1.29 is 4.79 Å². The van der Waals surface area contributed by atoms with E-state index in [1.807, 2.05) is 0 Å². The predicted molar refractivity (Wildman–Crippen MR) is 126 cm³/mol. The van der Waals surface area contributed by atoms with Gasteiger partial charge in [0.1, 0.15) is 0 Å². The molecule has 1 amide bonds. The molecule has 168 valence electrons.